The Morgan fingerprint density at radius 3 is 2.90 bits per heavy atom. The van der Waals surface area contributed by atoms with E-state index < -0.39 is 5.82 Å². The third-order valence-corrected chi connectivity index (χ3v) is 3.13. The van der Waals surface area contributed by atoms with Crippen molar-refractivity contribution in [2.45, 2.75) is 6.54 Å². The highest BCUT2D eigenvalue weighted by Gasteiger charge is 2.06. The van der Waals surface area contributed by atoms with E-state index >= 15 is 0 Å². The van der Waals surface area contributed by atoms with Gasteiger partial charge in [0.1, 0.15) is 11.3 Å². The van der Waals surface area contributed by atoms with Crippen LogP contribution in [0, 0.1) is 5.82 Å². The first-order chi connectivity index (χ1) is 9.61. The highest BCUT2D eigenvalue weighted by atomic mass is 35.5. The number of benzene rings is 2. The maximum Gasteiger partial charge on any atom is 0.295 e. The summed E-state index contributed by atoms with van der Waals surface area (Å²) in [5.41, 5.74) is 8.47. The highest BCUT2D eigenvalue weighted by molar-refractivity contribution is 6.30. The van der Waals surface area contributed by atoms with E-state index in [2.05, 4.69) is 10.3 Å². The number of anilines is 2. The van der Waals surface area contributed by atoms with Crippen molar-refractivity contribution in [1.82, 2.24) is 4.98 Å². The SMILES string of the molecule is Nc1ccc2oc(NCc3ccc(F)c(Cl)c3)nc2c1. The summed E-state index contributed by atoms with van der Waals surface area (Å²) < 4.78 is 18.6. The third-order valence-electron chi connectivity index (χ3n) is 2.84. The summed E-state index contributed by atoms with van der Waals surface area (Å²) in [7, 11) is 0. The lowest BCUT2D eigenvalue weighted by Crippen LogP contribution is -1.99. The van der Waals surface area contributed by atoms with Crippen molar-refractivity contribution in [2.75, 3.05) is 11.1 Å². The lowest BCUT2D eigenvalue weighted by molar-refractivity contribution is 0.614. The molecule has 0 amide bonds. The molecule has 6 heteroatoms. The Hall–Kier alpha value is -2.27. The first-order valence-corrected chi connectivity index (χ1v) is 6.33. The minimum absolute atomic E-state index is 0.0923. The number of nitrogen functional groups attached to an aromatic ring is 1. The van der Waals surface area contributed by atoms with Crippen LogP contribution in [0.4, 0.5) is 16.1 Å². The molecule has 0 saturated carbocycles. The van der Waals surface area contributed by atoms with Gasteiger partial charge in [0, 0.05) is 12.2 Å². The van der Waals surface area contributed by atoms with Gasteiger partial charge in [-0.25, -0.2) is 4.39 Å². The van der Waals surface area contributed by atoms with Gasteiger partial charge < -0.3 is 15.5 Å². The molecule has 1 aromatic heterocycles. The largest absolute Gasteiger partial charge is 0.424 e. The molecule has 3 N–H and O–H groups in total. The van der Waals surface area contributed by atoms with Crippen LogP contribution >= 0.6 is 11.6 Å². The van der Waals surface area contributed by atoms with Crippen LogP contribution in [0.2, 0.25) is 5.02 Å². The van der Waals surface area contributed by atoms with E-state index in [-0.39, 0.29) is 5.02 Å². The maximum absolute atomic E-state index is 13.0. The molecular formula is C14H11ClFN3O. The number of hydrogen-bond acceptors (Lipinski definition) is 4. The van der Waals surface area contributed by atoms with Crippen LogP contribution in [0.1, 0.15) is 5.56 Å². The quantitative estimate of drug-likeness (QED) is 0.720. The number of hydrogen-bond donors (Lipinski definition) is 2. The summed E-state index contributed by atoms with van der Waals surface area (Å²) in [4.78, 5) is 4.26. The average molecular weight is 292 g/mol. The van der Waals surface area contributed by atoms with Crippen molar-refractivity contribution in [1.29, 1.82) is 0 Å². The van der Waals surface area contributed by atoms with Gasteiger partial charge in [-0.1, -0.05) is 17.7 Å². The molecule has 0 aliphatic heterocycles. The maximum atomic E-state index is 13.0. The zero-order valence-corrected chi connectivity index (χ0v) is 11.1. The number of aromatic nitrogens is 1. The molecule has 0 aliphatic carbocycles. The number of nitrogens with two attached hydrogens (primary N) is 1. The smallest absolute Gasteiger partial charge is 0.295 e. The average Bonchev–Trinajstić information content (AvgIpc) is 2.82. The first-order valence-electron chi connectivity index (χ1n) is 5.96. The molecule has 4 nitrogen and oxygen atoms in total. The molecule has 0 spiro atoms. The molecule has 0 atom stereocenters. The van der Waals surface area contributed by atoms with Crippen LogP contribution in [-0.4, -0.2) is 4.98 Å². The van der Waals surface area contributed by atoms with Crippen molar-refractivity contribution in [3.8, 4) is 0 Å². The van der Waals surface area contributed by atoms with Crippen LogP contribution in [0.5, 0.6) is 0 Å². The van der Waals surface area contributed by atoms with Crippen LogP contribution in [0.3, 0.4) is 0 Å². The summed E-state index contributed by atoms with van der Waals surface area (Å²) in [6.07, 6.45) is 0. The summed E-state index contributed by atoms with van der Waals surface area (Å²) in [6, 6.07) is 10.2. The summed E-state index contributed by atoms with van der Waals surface area (Å²) in [5.74, 6) is -0.437. The minimum Gasteiger partial charge on any atom is -0.424 e. The van der Waals surface area contributed by atoms with Gasteiger partial charge in [0.15, 0.2) is 5.58 Å². The Bertz CT molecular complexity index is 772. The molecule has 1 heterocycles. The number of halogens is 2. The number of rotatable bonds is 3. The molecule has 0 saturated heterocycles. The van der Waals surface area contributed by atoms with Gasteiger partial charge in [0.25, 0.3) is 6.01 Å². The lowest BCUT2D eigenvalue weighted by atomic mass is 10.2. The van der Waals surface area contributed by atoms with E-state index in [0.29, 0.717) is 29.3 Å². The minimum atomic E-state index is -0.437. The Balaban J connectivity index is 1.77. The van der Waals surface area contributed by atoms with Crippen molar-refractivity contribution in [3.05, 3.63) is 52.8 Å². The molecule has 3 aromatic rings. The highest BCUT2D eigenvalue weighted by Crippen LogP contribution is 2.22. The normalized spacial score (nSPS) is 10.9. The van der Waals surface area contributed by atoms with Gasteiger partial charge in [-0.3, -0.25) is 0 Å². The number of nitrogens with one attached hydrogen (secondary N) is 1. The fourth-order valence-corrected chi connectivity index (χ4v) is 2.05. The van der Waals surface area contributed by atoms with Crippen LogP contribution < -0.4 is 11.1 Å². The predicted octanol–water partition coefficient (Wildman–Crippen LogP) is 3.81. The molecule has 0 fully saturated rings. The summed E-state index contributed by atoms with van der Waals surface area (Å²) in [6.45, 7) is 0.433. The second kappa shape index (κ2) is 5.02. The van der Waals surface area contributed by atoms with Crippen LogP contribution in [0.25, 0.3) is 11.1 Å². The molecule has 0 bridgehead atoms. The molecule has 3 rings (SSSR count). The zero-order chi connectivity index (χ0) is 14.1. The Morgan fingerprint density at radius 2 is 2.10 bits per heavy atom. The van der Waals surface area contributed by atoms with E-state index in [4.69, 9.17) is 21.8 Å². The molecule has 0 unspecified atom stereocenters. The summed E-state index contributed by atoms with van der Waals surface area (Å²) in [5, 5.41) is 3.11. The molecule has 102 valence electrons. The third kappa shape index (κ3) is 2.53. The van der Waals surface area contributed by atoms with Gasteiger partial charge in [-0.2, -0.15) is 4.98 Å². The van der Waals surface area contributed by atoms with Crippen molar-refractivity contribution >= 4 is 34.4 Å². The van der Waals surface area contributed by atoms with Gasteiger partial charge in [0.05, 0.1) is 5.02 Å². The molecule has 0 aliphatic rings. The topological polar surface area (TPSA) is 64.1 Å². The van der Waals surface area contributed by atoms with Gasteiger partial charge >= 0.3 is 0 Å². The molecule has 20 heavy (non-hydrogen) atoms. The van der Waals surface area contributed by atoms with Crippen molar-refractivity contribution in [2.24, 2.45) is 0 Å². The van der Waals surface area contributed by atoms with Gasteiger partial charge in [-0.05, 0) is 35.9 Å². The van der Waals surface area contributed by atoms with Crippen molar-refractivity contribution in [3.63, 3.8) is 0 Å². The fourth-order valence-electron chi connectivity index (χ4n) is 1.85. The van der Waals surface area contributed by atoms with Crippen LogP contribution in [-0.2, 0) is 6.54 Å². The van der Waals surface area contributed by atoms with E-state index in [1.54, 1.807) is 30.3 Å². The van der Waals surface area contributed by atoms with E-state index in [0.717, 1.165) is 5.56 Å². The number of nitrogens with zero attached hydrogens (tertiary/aromatic N) is 1. The van der Waals surface area contributed by atoms with Crippen molar-refractivity contribution < 1.29 is 8.81 Å². The van der Waals surface area contributed by atoms with Gasteiger partial charge in [0.2, 0.25) is 0 Å². The van der Waals surface area contributed by atoms with E-state index in [9.17, 15) is 4.39 Å². The Kier molecular flexibility index (Phi) is 3.20. The van der Waals surface area contributed by atoms with E-state index in [1.165, 1.54) is 6.07 Å². The number of fused-ring (bicyclic) bond motifs is 1. The summed E-state index contributed by atoms with van der Waals surface area (Å²) >= 11 is 5.72. The first kappa shape index (κ1) is 12.7. The monoisotopic (exact) mass is 291 g/mol. The lowest BCUT2D eigenvalue weighted by Gasteiger charge is -2.03. The van der Waals surface area contributed by atoms with Gasteiger partial charge in [-0.15, -0.1) is 0 Å². The Labute approximate surface area is 119 Å². The fraction of sp³-hybridized carbons (Fsp3) is 0.0714. The van der Waals surface area contributed by atoms with Crippen LogP contribution in [0.15, 0.2) is 40.8 Å². The number of oxazole rings is 1. The molecule has 2 aromatic carbocycles. The molecule has 0 radical (unpaired) electrons. The standard InChI is InChI=1S/C14H11ClFN3O/c15-10-5-8(1-3-11(10)16)7-18-14-19-12-6-9(17)2-4-13(12)20-14/h1-6H,7,17H2,(H,18,19). The molecular weight excluding hydrogens is 281 g/mol. The second-order valence-electron chi connectivity index (χ2n) is 4.35. The zero-order valence-electron chi connectivity index (χ0n) is 10.4. The predicted molar refractivity (Wildman–Crippen MR) is 77.2 cm³/mol. The van der Waals surface area contributed by atoms with E-state index in [1.807, 2.05) is 0 Å². The second-order valence-corrected chi connectivity index (χ2v) is 4.76. The Morgan fingerprint density at radius 1 is 1.25 bits per heavy atom.